The van der Waals surface area contributed by atoms with Crippen molar-refractivity contribution in [3.05, 3.63) is 120 Å². The van der Waals surface area contributed by atoms with Crippen LogP contribution in [0, 0.1) is 0 Å². The molecule has 0 atom stereocenters. The fraction of sp³-hybridized carbons (Fsp3) is 0.353. The Labute approximate surface area is 283 Å². The summed E-state index contributed by atoms with van der Waals surface area (Å²) < 4.78 is 61.2. The number of benzene rings is 2. The molecule has 2 aromatic carbocycles. The van der Waals surface area contributed by atoms with E-state index in [9.17, 15) is 16.8 Å². The van der Waals surface area contributed by atoms with Gasteiger partial charge in [-0.25, -0.2) is 22.0 Å². The number of sulfonamides is 2. The minimum Gasteiger partial charge on any atom is -0.497 e. The standard InChI is InChI=1S/C25H29N3O4S.C9H13N3O2S/c1-31-23-9-5-20(6-10-23)16-28(17-21-7-11-24(32-2)12-8-21)33(29,30)25-18-27(19-25)15-22-4-3-13-26-14-22;10-15(13,14)9-6-12(7-9)5-8-2-1-3-11-4-8/h3-14,25H,15-19H2,1-2H3;1-4,9H,5-7H2,(H2,10,13,14). The average molecular weight is 695 g/mol. The van der Waals surface area contributed by atoms with Crippen molar-refractivity contribution in [2.75, 3.05) is 40.4 Å². The molecule has 0 saturated carbocycles. The van der Waals surface area contributed by atoms with Gasteiger partial charge in [-0.2, -0.15) is 4.31 Å². The van der Waals surface area contributed by atoms with Crippen LogP contribution in [0.15, 0.2) is 97.6 Å². The van der Waals surface area contributed by atoms with Gasteiger partial charge in [0.05, 0.1) is 14.2 Å². The van der Waals surface area contributed by atoms with E-state index in [-0.39, 0.29) is 0 Å². The van der Waals surface area contributed by atoms with Gasteiger partial charge >= 0.3 is 0 Å². The van der Waals surface area contributed by atoms with Gasteiger partial charge in [-0.1, -0.05) is 36.4 Å². The first-order valence-electron chi connectivity index (χ1n) is 15.5. The molecule has 0 amide bonds. The molecule has 2 N–H and O–H groups in total. The van der Waals surface area contributed by atoms with E-state index < -0.39 is 30.5 Å². The summed E-state index contributed by atoms with van der Waals surface area (Å²) in [6.45, 7) is 4.12. The van der Waals surface area contributed by atoms with Gasteiger partial charge in [0.2, 0.25) is 20.0 Å². The minimum absolute atomic E-state index is 0.303. The smallest absolute Gasteiger partial charge is 0.220 e. The van der Waals surface area contributed by atoms with Crippen LogP contribution in [0.25, 0.3) is 0 Å². The second kappa shape index (κ2) is 16.0. The molecule has 0 radical (unpaired) electrons. The van der Waals surface area contributed by atoms with Gasteiger partial charge in [-0.3, -0.25) is 19.8 Å². The van der Waals surface area contributed by atoms with Crippen LogP contribution in [0.3, 0.4) is 0 Å². The van der Waals surface area contributed by atoms with Gasteiger partial charge in [0.15, 0.2) is 0 Å². The topological polar surface area (TPSA) is 148 Å². The van der Waals surface area contributed by atoms with E-state index in [4.69, 9.17) is 14.6 Å². The Hall–Kier alpha value is -3.92. The van der Waals surface area contributed by atoms with Crippen molar-refractivity contribution < 1.29 is 26.3 Å². The van der Waals surface area contributed by atoms with Crippen molar-refractivity contribution in [2.24, 2.45) is 5.14 Å². The zero-order valence-electron chi connectivity index (χ0n) is 27.1. The van der Waals surface area contributed by atoms with Crippen molar-refractivity contribution in [3.8, 4) is 11.5 Å². The van der Waals surface area contributed by atoms with Crippen LogP contribution in [-0.4, -0.2) is 91.8 Å². The molecular formula is C34H42N6O6S2. The number of rotatable bonds is 13. The maximum Gasteiger partial charge on any atom is 0.220 e. The van der Waals surface area contributed by atoms with Gasteiger partial charge in [-0.15, -0.1) is 0 Å². The molecule has 0 bridgehead atoms. The van der Waals surface area contributed by atoms with E-state index >= 15 is 0 Å². The van der Waals surface area contributed by atoms with Crippen LogP contribution in [-0.2, 0) is 46.2 Å². The zero-order chi connectivity index (χ0) is 34.1. The molecule has 12 nitrogen and oxygen atoms in total. The molecule has 14 heteroatoms. The van der Waals surface area contributed by atoms with Gasteiger partial charge in [0.1, 0.15) is 22.0 Å². The summed E-state index contributed by atoms with van der Waals surface area (Å²) in [5, 5.41) is 4.21. The molecule has 4 aromatic rings. The summed E-state index contributed by atoms with van der Waals surface area (Å²) in [4.78, 5) is 12.3. The van der Waals surface area contributed by atoms with Crippen molar-refractivity contribution in [2.45, 2.75) is 36.7 Å². The molecule has 4 heterocycles. The lowest BCUT2D eigenvalue weighted by Gasteiger charge is -2.41. The maximum atomic E-state index is 13.6. The van der Waals surface area contributed by atoms with Crippen LogP contribution in [0.4, 0.5) is 0 Å². The normalized spacial score (nSPS) is 16.0. The minimum atomic E-state index is -3.50. The number of ether oxygens (including phenoxy) is 2. The number of hydrogen-bond acceptors (Lipinski definition) is 10. The van der Waals surface area contributed by atoms with Crippen LogP contribution in [0.1, 0.15) is 22.3 Å². The molecular weight excluding hydrogens is 653 g/mol. The van der Waals surface area contributed by atoms with E-state index in [1.54, 1.807) is 37.1 Å². The highest BCUT2D eigenvalue weighted by atomic mass is 32.2. The molecule has 2 fully saturated rings. The van der Waals surface area contributed by atoms with Crippen molar-refractivity contribution in [1.82, 2.24) is 24.1 Å². The molecule has 2 aromatic heterocycles. The Balaban J connectivity index is 0.000000250. The Morgan fingerprint density at radius 1 is 0.667 bits per heavy atom. The SMILES string of the molecule is COc1ccc(CN(Cc2ccc(OC)cc2)S(=O)(=O)C2CN(Cc3cccnc3)C2)cc1.NS(=O)(=O)C1CN(Cc2cccnc2)C1. The Morgan fingerprint density at radius 2 is 1.08 bits per heavy atom. The molecule has 256 valence electrons. The largest absolute Gasteiger partial charge is 0.497 e. The fourth-order valence-electron chi connectivity index (χ4n) is 5.51. The van der Waals surface area contributed by atoms with Gasteiger partial charge in [-0.05, 0) is 58.7 Å². The number of methoxy groups -OCH3 is 2. The molecule has 48 heavy (non-hydrogen) atoms. The van der Waals surface area contributed by atoms with Crippen LogP contribution >= 0.6 is 0 Å². The summed E-state index contributed by atoms with van der Waals surface area (Å²) in [7, 11) is -3.62. The summed E-state index contributed by atoms with van der Waals surface area (Å²) >= 11 is 0. The number of aromatic nitrogens is 2. The molecule has 2 aliphatic rings. The molecule has 2 aliphatic heterocycles. The lowest BCUT2D eigenvalue weighted by atomic mass is 10.2. The molecule has 2 saturated heterocycles. The van der Waals surface area contributed by atoms with Crippen LogP contribution in [0.2, 0.25) is 0 Å². The van der Waals surface area contributed by atoms with E-state index in [1.165, 1.54) is 0 Å². The Morgan fingerprint density at radius 3 is 1.44 bits per heavy atom. The van der Waals surface area contributed by atoms with Crippen molar-refractivity contribution >= 4 is 20.0 Å². The first kappa shape index (κ1) is 35.4. The average Bonchev–Trinajstić information content (AvgIpc) is 3.05. The van der Waals surface area contributed by atoms with E-state index in [1.807, 2.05) is 83.9 Å². The number of nitrogens with zero attached hydrogens (tertiary/aromatic N) is 5. The molecule has 0 unspecified atom stereocenters. The quantitative estimate of drug-likeness (QED) is 0.222. The maximum absolute atomic E-state index is 13.6. The summed E-state index contributed by atoms with van der Waals surface area (Å²) in [6.07, 6.45) is 7.06. The summed E-state index contributed by atoms with van der Waals surface area (Å²) in [5.74, 6) is 1.49. The monoisotopic (exact) mass is 694 g/mol. The Bertz CT molecular complexity index is 1750. The highest BCUT2D eigenvalue weighted by molar-refractivity contribution is 7.90. The number of pyridine rings is 2. The lowest BCUT2D eigenvalue weighted by Crippen LogP contribution is -2.57. The predicted molar refractivity (Wildman–Crippen MR) is 184 cm³/mol. The summed E-state index contributed by atoms with van der Waals surface area (Å²) in [6, 6.07) is 22.8. The molecule has 0 aliphatic carbocycles. The van der Waals surface area contributed by atoms with E-state index in [0.29, 0.717) is 45.8 Å². The van der Waals surface area contributed by atoms with Crippen LogP contribution in [0.5, 0.6) is 11.5 Å². The van der Waals surface area contributed by atoms with E-state index in [0.717, 1.165) is 40.3 Å². The third-order valence-corrected chi connectivity index (χ3v) is 11.7. The van der Waals surface area contributed by atoms with Crippen molar-refractivity contribution in [3.63, 3.8) is 0 Å². The number of hydrogen-bond donors (Lipinski definition) is 1. The van der Waals surface area contributed by atoms with Gasteiger partial charge < -0.3 is 9.47 Å². The third-order valence-electron chi connectivity index (χ3n) is 8.39. The van der Waals surface area contributed by atoms with Crippen molar-refractivity contribution in [1.29, 1.82) is 0 Å². The zero-order valence-corrected chi connectivity index (χ0v) is 28.8. The highest BCUT2D eigenvalue weighted by Gasteiger charge is 2.41. The lowest BCUT2D eigenvalue weighted by molar-refractivity contribution is 0.170. The fourth-order valence-corrected chi connectivity index (χ4v) is 8.23. The third kappa shape index (κ3) is 9.58. The number of nitrogens with two attached hydrogens (primary N) is 1. The Kier molecular flexibility index (Phi) is 11.8. The first-order valence-corrected chi connectivity index (χ1v) is 18.6. The number of likely N-dealkylation sites (tertiary alicyclic amines) is 2. The second-order valence-electron chi connectivity index (χ2n) is 12.0. The first-order chi connectivity index (χ1) is 23.0. The molecule has 6 rings (SSSR count). The molecule has 0 spiro atoms. The summed E-state index contributed by atoms with van der Waals surface area (Å²) in [5.41, 5.74) is 4.01. The van der Waals surface area contributed by atoms with Gasteiger partial charge in [0.25, 0.3) is 0 Å². The predicted octanol–water partition coefficient (Wildman–Crippen LogP) is 2.87. The van der Waals surface area contributed by atoms with Gasteiger partial charge in [0, 0.05) is 77.1 Å². The number of primary sulfonamides is 1. The second-order valence-corrected chi connectivity index (χ2v) is 16.0. The van der Waals surface area contributed by atoms with Crippen LogP contribution < -0.4 is 14.6 Å². The highest BCUT2D eigenvalue weighted by Crippen LogP contribution is 2.26. The van der Waals surface area contributed by atoms with E-state index in [2.05, 4.69) is 14.9 Å².